The summed E-state index contributed by atoms with van der Waals surface area (Å²) in [5.74, 6) is 5.34. The minimum absolute atomic E-state index is 0.116. The Labute approximate surface area is 321 Å². The fraction of sp³-hybridized carbons (Fsp3) is 0.244. The first-order valence-corrected chi connectivity index (χ1v) is 25.2. The van der Waals surface area contributed by atoms with Gasteiger partial charge in [-0.1, -0.05) is 18.2 Å². The fourth-order valence-corrected chi connectivity index (χ4v) is 9.70. The van der Waals surface area contributed by atoms with Gasteiger partial charge in [-0.15, -0.1) is 0 Å². The molecule has 5 aromatic carbocycles. The van der Waals surface area contributed by atoms with Gasteiger partial charge in [-0.25, -0.2) is 19.3 Å². The Kier molecular flexibility index (Phi) is 6.99. The summed E-state index contributed by atoms with van der Waals surface area (Å²) in [5, 5.41) is 1.10. The minimum Gasteiger partial charge on any atom is -0.219 e. The van der Waals surface area contributed by atoms with Gasteiger partial charge < -0.3 is 4.42 Å². The zero-order valence-corrected chi connectivity index (χ0v) is 32.9. The maximum absolute atomic E-state index is 16.7. The molecule has 0 saturated heterocycles. The smallest absolute Gasteiger partial charge is 0.219 e. The van der Waals surface area contributed by atoms with E-state index in [4.69, 9.17) is 17.6 Å². The molecule has 8 aromatic rings. The number of imidazole rings is 1. The topological polar surface area (TPSA) is 69.6 Å². The van der Waals surface area contributed by atoms with Crippen LogP contribution in [0.25, 0.3) is 72.6 Å². The van der Waals surface area contributed by atoms with Gasteiger partial charge in [0.1, 0.15) is 11.6 Å². The van der Waals surface area contributed by atoms with E-state index in [1.807, 2.05) is 36.4 Å². The number of fused-ring (bicyclic) bond motifs is 4. The SMILES string of the molecule is [2H]C([2H])([2H])c1nc(-c2ccc3c(oc4c(-c5nc6ccccc6n5-c5c(C(C)C)cc(-c6cc[c]([Ge]([CH3])([CH3])[CH3])cc6)cc5C(C)C)cccc43)c2F)nc(C([2H])([2H])[2H])n1. The molecule has 0 spiro atoms. The van der Waals surface area contributed by atoms with E-state index in [0.717, 1.165) is 33.4 Å². The van der Waals surface area contributed by atoms with Crippen LogP contribution in [0, 0.1) is 19.5 Å². The van der Waals surface area contributed by atoms with E-state index in [0.29, 0.717) is 27.7 Å². The Balaban J connectivity index is 1.36. The second-order valence-corrected chi connectivity index (χ2v) is 25.9. The van der Waals surface area contributed by atoms with Gasteiger partial charge in [-0.3, -0.25) is 0 Å². The van der Waals surface area contributed by atoms with Crippen LogP contribution >= 0.6 is 0 Å². The van der Waals surface area contributed by atoms with Crippen molar-refractivity contribution in [2.75, 3.05) is 0 Å². The predicted octanol–water partition coefficient (Wildman–Crippen LogP) is 11.7. The summed E-state index contributed by atoms with van der Waals surface area (Å²) in [7, 11) is 0. The average molecular weight is 769 g/mol. The van der Waals surface area contributed by atoms with Gasteiger partial charge in [0, 0.05) is 19.0 Å². The van der Waals surface area contributed by atoms with Crippen molar-refractivity contribution < 1.29 is 17.0 Å². The van der Waals surface area contributed by atoms with Gasteiger partial charge in [-0.2, -0.15) is 0 Å². The van der Waals surface area contributed by atoms with Crippen LogP contribution in [0.1, 0.15) is 70.5 Å². The third-order valence-electron chi connectivity index (χ3n) is 10.0. The molecule has 8 rings (SSSR count). The van der Waals surface area contributed by atoms with Gasteiger partial charge in [0.25, 0.3) is 0 Å². The monoisotopic (exact) mass is 769 g/mol. The van der Waals surface area contributed by atoms with Gasteiger partial charge in [0.2, 0.25) is 0 Å². The molecular formula is C45H44FGeN5O. The van der Waals surface area contributed by atoms with E-state index in [9.17, 15) is 0 Å². The first kappa shape index (κ1) is 28.4. The molecule has 0 aliphatic rings. The van der Waals surface area contributed by atoms with Crippen molar-refractivity contribution >= 4 is 50.6 Å². The van der Waals surface area contributed by atoms with Gasteiger partial charge in [0.15, 0.2) is 17.2 Å². The van der Waals surface area contributed by atoms with Crippen LogP contribution in [-0.4, -0.2) is 37.8 Å². The van der Waals surface area contributed by atoms with Crippen molar-refractivity contribution in [2.24, 2.45) is 0 Å². The molecule has 0 saturated carbocycles. The van der Waals surface area contributed by atoms with Gasteiger partial charge >= 0.3 is 201 Å². The summed E-state index contributed by atoms with van der Waals surface area (Å²) in [6, 6.07) is 30.4. The number of halogens is 1. The molecule has 0 fully saturated rings. The van der Waals surface area contributed by atoms with E-state index < -0.39 is 50.3 Å². The molecule has 0 amide bonds. The number of aryl methyl sites for hydroxylation is 2. The van der Waals surface area contributed by atoms with Crippen molar-refractivity contribution in [2.45, 2.75) is 70.5 Å². The predicted molar refractivity (Wildman–Crippen MR) is 219 cm³/mol. The van der Waals surface area contributed by atoms with E-state index in [-0.39, 0.29) is 23.0 Å². The van der Waals surface area contributed by atoms with E-state index >= 15 is 4.39 Å². The Hall–Kier alpha value is -5.15. The first-order chi connectivity index (χ1) is 27.7. The normalized spacial score (nSPS) is 14.5. The Morgan fingerprint density at radius 3 is 1.98 bits per heavy atom. The molecule has 266 valence electrons. The Morgan fingerprint density at radius 2 is 1.34 bits per heavy atom. The zero-order valence-electron chi connectivity index (χ0n) is 36.8. The molecule has 53 heavy (non-hydrogen) atoms. The van der Waals surface area contributed by atoms with Gasteiger partial charge in [0.05, 0.1) is 5.56 Å². The van der Waals surface area contributed by atoms with Crippen LogP contribution in [0.4, 0.5) is 4.39 Å². The van der Waals surface area contributed by atoms with Crippen molar-refractivity contribution in [1.29, 1.82) is 0 Å². The molecule has 0 aliphatic heterocycles. The molecule has 0 aliphatic carbocycles. The van der Waals surface area contributed by atoms with Crippen LogP contribution in [-0.2, 0) is 0 Å². The third-order valence-corrected chi connectivity index (χ3v) is 14.3. The van der Waals surface area contributed by atoms with Crippen LogP contribution in [0.3, 0.4) is 0 Å². The number of furan rings is 1. The summed E-state index contributed by atoms with van der Waals surface area (Å²) >= 11 is -2.01. The molecular weight excluding hydrogens is 718 g/mol. The first-order valence-electron chi connectivity index (χ1n) is 20.9. The molecule has 0 unspecified atom stereocenters. The Bertz CT molecular complexity index is 2860. The summed E-state index contributed by atoms with van der Waals surface area (Å²) in [5.41, 5.74) is 8.07. The molecule has 0 bridgehead atoms. The van der Waals surface area contributed by atoms with Crippen LogP contribution in [0.15, 0.2) is 95.4 Å². The number of benzene rings is 5. The molecule has 0 radical (unpaired) electrons. The van der Waals surface area contributed by atoms with Crippen LogP contribution < -0.4 is 4.40 Å². The standard InChI is InChI=1S/C45H44FGeN5O/c1-25(2)36-23-30(29-17-19-31(20-18-29)47(7,8)9)24-37(26(3)4)41(36)52-39-16-11-10-15-38(39)51-45(52)35-14-12-13-32-33-21-22-34(40(46)43(33)53-42(32)35)44-49-27(5)48-28(6)50-44/h10-26H,1-9H3/i5D3,6D3. The zero-order chi connectivity index (χ0) is 42.3. The van der Waals surface area contributed by atoms with Crippen LogP contribution in [0.5, 0.6) is 0 Å². The summed E-state index contributed by atoms with van der Waals surface area (Å²) in [6.45, 7) is 3.10. The summed E-state index contributed by atoms with van der Waals surface area (Å²) in [6.07, 6.45) is 0. The molecule has 3 heterocycles. The van der Waals surface area contributed by atoms with Crippen LogP contribution in [0.2, 0.25) is 17.3 Å². The Morgan fingerprint density at radius 1 is 0.679 bits per heavy atom. The number of para-hydroxylation sites is 3. The third kappa shape index (κ3) is 6.05. The minimum atomic E-state index is -2.86. The quantitative estimate of drug-likeness (QED) is 0.151. The van der Waals surface area contributed by atoms with E-state index in [1.165, 1.54) is 16.0 Å². The van der Waals surface area contributed by atoms with E-state index in [1.54, 1.807) is 6.07 Å². The van der Waals surface area contributed by atoms with Crippen molar-refractivity contribution in [3.05, 3.63) is 120 Å². The molecule has 0 N–H and O–H groups in total. The summed E-state index contributed by atoms with van der Waals surface area (Å²) < 4.78 is 73.9. The number of hydrogen-bond acceptors (Lipinski definition) is 5. The molecule has 8 heteroatoms. The second-order valence-electron chi connectivity index (χ2n) is 15.3. The van der Waals surface area contributed by atoms with Crippen molar-refractivity contribution in [1.82, 2.24) is 24.5 Å². The summed E-state index contributed by atoms with van der Waals surface area (Å²) in [4.78, 5) is 16.9. The second kappa shape index (κ2) is 13.1. The number of rotatable bonds is 7. The van der Waals surface area contributed by atoms with Crippen molar-refractivity contribution in [3.8, 4) is 39.6 Å². The average Bonchev–Trinajstić information content (AvgIpc) is 3.76. The fourth-order valence-electron chi connectivity index (χ4n) is 7.26. The number of hydrogen-bond donors (Lipinski definition) is 0. The number of nitrogens with zero attached hydrogens (tertiary/aromatic N) is 5. The molecule has 6 nitrogen and oxygen atoms in total. The van der Waals surface area contributed by atoms with E-state index in [2.05, 4.69) is 107 Å². The van der Waals surface area contributed by atoms with Crippen molar-refractivity contribution in [3.63, 3.8) is 0 Å². The maximum atomic E-state index is 16.7. The number of aromatic nitrogens is 5. The molecule has 3 aromatic heterocycles. The van der Waals surface area contributed by atoms with Gasteiger partial charge in [-0.05, 0) is 25.8 Å². The molecule has 0 atom stereocenters.